The topological polar surface area (TPSA) is 102 Å². The number of rotatable bonds is 6. The Kier molecular flexibility index (Phi) is 9.47. The van der Waals surface area contributed by atoms with E-state index in [2.05, 4.69) is 20.5 Å². The number of aromatic nitrogens is 3. The Morgan fingerprint density at radius 3 is 2.72 bits per heavy atom. The van der Waals surface area contributed by atoms with Crippen molar-refractivity contribution < 1.29 is 19.1 Å². The minimum absolute atomic E-state index is 0.00375. The van der Waals surface area contributed by atoms with Crippen LogP contribution in [0, 0.1) is 5.41 Å². The van der Waals surface area contributed by atoms with Crippen molar-refractivity contribution in [3.8, 4) is 5.75 Å². The van der Waals surface area contributed by atoms with E-state index in [1.165, 1.54) is 25.9 Å². The second kappa shape index (κ2) is 13.4. The SMILES string of the molecule is O=C(c1cccc(OCCCN2CCCC2)c1)N1CCC2(CCCCn3cc(nn3)COCCNC2=O)CC1. The summed E-state index contributed by atoms with van der Waals surface area (Å²) in [6.45, 7) is 7.29. The maximum atomic E-state index is 13.4. The molecule has 0 unspecified atom stereocenters. The Bertz CT molecular complexity index is 1090. The highest BCUT2D eigenvalue weighted by Gasteiger charge is 2.41. The Morgan fingerprint density at radius 1 is 1.05 bits per heavy atom. The summed E-state index contributed by atoms with van der Waals surface area (Å²) in [5.74, 6) is 0.823. The highest BCUT2D eigenvalue weighted by atomic mass is 16.5. The quantitative estimate of drug-likeness (QED) is 0.565. The third-order valence-electron chi connectivity index (χ3n) is 8.32. The number of piperidine rings is 1. The van der Waals surface area contributed by atoms with Gasteiger partial charge in [-0.05, 0) is 76.2 Å². The molecule has 0 aliphatic carbocycles. The smallest absolute Gasteiger partial charge is 0.253 e. The number of benzene rings is 1. The number of likely N-dealkylation sites (tertiary alicyclic amines) is 2. The standard InChI is InChI=1S/C29H42N6O4/c36-27(24-7-5-8-26(21-24)39-19-6-15-33-13-3-4-14-33)34-17-10-29(11-18-34)9-1-2-16-35-22-25(31-32-35)23-38-20-12-30-28(29)37/h5,7-8,21-22H,1-4,6,9-20,23H2,(H,30,37). The van der Waals surface area contributed by atoms with Gasteiger partial charge in [-0.3, -0.25) is 14.3 Å². The highest BCUT2D eigenvalue weighted by Crippen LogP contribution is 2.37. The van der Waals surface area contributed by atoms with E-state index in [9.17, 15) is 9.59 Å². The summed E-state index contributed by atoms with van der Waals surface area (Å²) in [4.78, 5) is 31.1. The van der Waals surface area contributed by atoms with E-state index >= 15 is 0 Å². The summed E-state index contributed by atoms with van der Waals surface area (Å²) in [6, 6.07) is 7.51. The van der Waals surface area contributed by atoms with Gasteiger partial charge in [0.05, 0.1) is 31.4 Å². The molecule has 10 heteroatoms. The van der Waals surface area contributed by atoms with Gasteiger partial charge in [-0.15, -0.1) is 5.10 Å². The summed E-state index contributed by atoms with van der Waals surface area (Å²) >= 11 is 0. The molecule has 1 spiro atoms. The molecule has 2 amide bonds. The van der Waals surface area contributed by atoms with Crippen LogP contribution in [0.4, 0.5) is 0 Å². The van der Waals surface area contributed by atoms with Crippen LogP contribution in [-0.4, -0.2) is 89.1 Å². The third-order valence-corrected chi connectivity index (χ3v) is 8.32. The van der Waals surface area contributed by atoms with Crippen LogP contribution in [0.3, 0.4) is 0 Å². The van der Waals surface area contributed by atoms with Crippen molar-refractivity contribution >= 4 is 11.8 Å². The number of carbonyl (C=O) groups is 2. The molecule has 1 aromatic carbocycles. The molecule has 1 N–H and O–H groups in total. The second-order valence-electron chi connectivity index (χ2n) is 11.1. The fourth-order valence-electron chi connectivity index (χ4n) is 5.97. The van der Waals surface area contributed by atoms with Gasteiger partial charge in [0.2, 0.25) is 5.91 Å². The summed E-state index contributed by atoms with van der Waals surface area (Å²) < 4.78 is 13.5. The lowest BCUT2D eigenvalue weighted by molar-refractivity contribution is -0.134. The van der Waals surface area contributed by atoms with E-state index < -0.39 is 5.41 Å². The molecule has 2 saturated heterocycles. The first-order chi connectivity index (χ1) is 19.1. The number of nitrogens with zero attached hydrogens (tertiary/aromatic N) is 5. The molecule has 1 aromatic heterocycles. The van der Waals surface area contributed by atoms with Crippen molar-refractivity contribution in [1.29, 1.82) is 0 Å². The molecular formula is C29H42N6O4. The molecule has 4 heterocycles. The molecule has 39 heavy (non-hydrogen) atoms. The zero-order valence-corrected chi connectivity index (χ0v) is 23.0. The minimum Gasteiger partial charge on any atom is -0.494 e. The summed E-state index contributed by atoms with van der Waals surface area (Å²) in [5.41, 5.74) is 0.985. The highest BCUT2D eigenvalue weighted by molar-refractivity contribution is 5.95. The van der Waals surface area contributed by atoms with Gasteiger partial charge in [-0.2, -0.15) is 0 Å². The van der Waals surface area contributed by atoms with Crippen molar-refractivity contribution in [2.24, 2.45) is 5.41 Å². The van der Waals surface area contributed by atoms with E-state index in [0.29, 0.717) is 57.9 Å². The Morgan fingerprint density at radius 2 is 1.87 bits per heavy atom. The minimum atomic E-state index is -0.464. The monoisotopic (exact) mass is 538 g/mol. The molecule has 2 aromatic rings. The average molecular weight is 539 g/mol. The van der Waals surface area contributed by atoms with Crippen LogP contribution in [0.1, 0.15) is 67.4 Å². The van der Waals surface area contributed by atoms with Gasteiger partial charge in [-0.1, -0.05) is 17.7 Å². The van der Waals surface area contributed by atoms with Crippen LogP contribution >= 0.6 is 0 Å². The lowest BCUT2D eigenvalue weighted by atomic mass is 9.73. The molecule has 3 aliphatic rings. The lowest BCUT2D eigenvalue weighted by Crippen LogP contribution is -2.50. The van der Waals surface area contributed by atoms with E-state index in [0.717, 1.165) is 50.2 Å². The first-order valence-corrected chi connectivity index (χ1v) is 14.6. The Balaban J connectivity index is 1.14. The van der Waals surface area contributed by atoms with Crippen molar-refractivity contribution in [3.63, 3.8) is 0 Å². The van der Waals surface area contributed by atoms with Gasteiger partial charge in [-0.25, -0.2) is 0 Å². The van der Waals surface area contributed by atoms with Crippen molar-refractivity contribution in [2.75, 3.05) is 52.5 Å². The van der Waals surface area contributed by atoms with Crippen molar-refractivity contribution in [2.45, 2.75) is 64.5 Å². The normalized spacial score (nSPS) is 20.9. The number of aryl methyl sites for hydroxylation is 1. The van der Waals surface area contributed by atoms with E-state index in [1.54, 1.807) is 0 Å². The lowest BCUT2D eigenvalue weighted by Gasteiger charge is -2.41. The predicted molar refractivity (Wildman–Crippen MR) is 146 cm³/mol. The molecule has 2 fully saturated rings. The molecule has 5 rings (SSSR count). The number of fused-ring (bicyclic) bond motifs is 2. The summed E-state index contributed by atoms with van der Waals surface area (Å²) in [7, 11) is 0. The van der Waals surface area contributed by atoms with Crippen molar-refractivity contribution in [3.05, 3.63) is 41.7 Å². The largest absolute Gasteiger partial charge is 0.494 e. The van der Waals surface area contributed by atoms with Gasteiger partial charge in [0, 0.05) is 38.3 Å². The molecule has 0 saturated carbocycles. The molecule has 212 valence electrons. The zero-order valence-electron chi connectivity index (χ0n) is 23.0. The molecule has 10 nitrogen and oxygen atoms in total. The first kappa shape index (κ1) is 27.6. The fourth-order valence-corrected chi connectivity index (χ4v) is 5.97. The first-order valence-electron chi connectivity index (χ1n) is 14.6. The van der Waals surface area contributed by atoms with Gasteiger partial charge >= 0.3 is 0 Å². The molecule has 0 radical (unpaired) electrons. The number of ether oxygens (including phenoxy) is 2. The van der Waals surface area contributed by atoms with Gasteiger partial charge < -0.3 is 24.6 Å². The maximum Gasteiger partial charge on any atom is 0.253 e. The zero-order chi connectivity index (χ0) is 26.9. The summed E-state index contributed by atoms with van der Waals surface area (Å²) in [5, 5.41) is 11.4. The van der Waals surface area contributed by atoms with Crippen LogP contribution < -0.4 is 10.1 Å². The predicted octanol–water partition coefficient (Wildman–Crippen LogP) is 2.88. The number of carbonyl (C=O) groups excluding carboxylic acids is 2. The van der Waals surface area contributed by atoms with Crippen LogP contribution in [0.15, 0.2) is 30.5 Å². The van der Waals surface area contributed by atoms with Crippen LogP contribution in [0.5, 0.6) is 5.75 Å². The molecule has 3 aliphatic heterocycles. The van der Waals surface area contributed by atoms with Crippen molar-refractivity contribution in [1.82, 2.24) is 30.1 Å². The maximum absolute atomic E-state index is 13.4. The Hall–Kier alpha value is -2.98. The van der Waals surface area contributed by atoms with E-state index in [1.807, 2.05) is 40.0 Å². The van der Waals surface area contributed by atoms with Gasteiger partial charge in [0.15, 0.2) is 0 Å². The number of nitrogens with one attached hydrogen (secondary N) is 1. The van der Waals surface area contributed by atoms with Crippen LogP contribution in [-0.2, 0) is 22.7 Å². The van der Waals surface area contributed by atoms with E-state index in [-0.39, 0.29) is 11.8 Å². The Labute approximate surface area is 231 Å². The molecular weight excluding hydrogens is 496 g/mol. The number of hydrogen-bond acceptors (Lipinski definition) is 7. The van der Waals surface area contributed by atoms with Gasteiger partial charge in [0.1, 0.15) is 11.4 Å². The van der Waals surface area contributed by atoms with Crippen LogP contribution in [0.2, 0.25) is 0 Å². The van der Waals surface area contributed by atoms with E-state index in [4.69, 9.17) is 9.47 Å². The molecule has 0 atom stereocenters. The van der Waals surface area contributed by atoms with Crippen LogP contribution in [0.25, 0.3) is 0 Å². The average Bonchev–Trinajstić information content (AvgIpc) is 3.65. The van der Waals surface area contributed by atoms with Gasteiger partial charge in [0.25, 0.3) is 5.91 Å². The second-order valence-corrected chi connectivity index (χ2v) is 11.1. The fraction of sp³-hybridized carbons (Fsp3) is 0.655. The number of hydrogen-bond donors (Lipinski definition) is 1. The number of amides is 2. The summed E-state index contributed by atoms with van der Waals surface area (Å²) in [6.07, 6.45) is 9.47. The third kappa shape index (κ3) is 7.36. The molecule has 2 bridgehead atoms.